The molecule has 0 aliphatic heterocycles. The summed E-state index contributed by atoms with van der Waals surface area (Å²) in [7, 11) is 0. The lowest BCUT2D eigenvalue weighted by molar-refractivity contribution is 0.0462. The Hall–Kier alpha value is -1.84. The van der Waals surface area contributed by atoms with Crippen LogP contribution in [0.3, 0.4) is 0 Å². The maximum Gasteiger partial charge on any atom is 0.122 e. The van der Waals surface area contributed by atoms with E-state index in [4.69, 9.17) is 4.74 Å². The monoisotopic (exact) mass is 381 g/mol. The standard InChI is InChI=1S/C25H35NO2/c1-4-26(23-8-6-5-7-9-23)17-24(27)18-28-25-15-14-22(16-20(25)3)21-12-10-19(2)11-13-21/h10-16,23-24,27H,4-9,17-18H2,1-3H3. The van der Waals surface area contributed by atoms with Crippen LogP contribution in [0.4, 0.5) is 0 Å². The summed E-state index contributed by atoms with van der Waals surface area (Å²) in [5.41, 5.74) is 4.78. The first-order valence-corrected chi connectivity index (χ1v) is 10.8. The molecule has 152 valence electrons. The molecule has 0 radical (unpaired) electrons. The van der Waals surface area contributed by atoms with Gasteiger partial charge in [-0.25, -0.2) is 0 Å². The van der Waals surface area contributed by atoms with Gasteiger partial charge in [0.1, 0.15) is 18.5 Å². The number of hydrogen-bond donors (Lipinski definition) is 1. The van der Waals surface area contributed by atoms with Gasteiger partial charge in [-0.05, 0) is 62.1 Å². The predicted molar refractivity (Wildman–Crippen MR) is 117 cm³/mol. The van der Waals surface area contributed by atoms with Gasteiger partial charge in [0, 0.05) is 12.6 Å². The summed E-state index contributed by atoms with van der Waals surface area (Å²) in [6.45, 7) is 8.39. The number of hydrogen-bond acceptors (Lipinski definition) is 3. The van der Waals surface area contributed by atoms with Gasteiger partial charge in [0.2, 0.25) is 0 Å². The molecule has 2 aromatic rings. The molecule has 3 nitrogen and oxygen atoms in total. The summed E-state index contributed by atoms with van der Waals surface area (Å²) in [5, 5.41) is 10.5. The van der Waals surface area contributed by atoms with Crippen molar-refractivity contribution in [1.29, 1.82) is 0 Å². The average molecular weight is 382 g/mol. The van der Waals surface area contributed by atoms with E-state index in [1.165, 1.54) is 48.8 Å². The molecule has 0 bridgehead atoms. The van der Waals surface area contributed by atoms with Crippen molar-refractivity contribution in [2.45, 2.75) is 65.0 Å². The molecule has 1 aliphatic carbocycles. The van der Waals surface area contributed by atoms with Crippen LogP contribution < -0.4 is 4.74 Å². The van der Waals surface area contributed by atoms with Gasteiger partial charge < -0.3 is 9.84 Å². The van der Waals surface area contributed by atoms with Crippen molar-refractivity contribution in [3.05, 3.63) is 53.6 Å². The second-order valence-corrected chi connectivity index (χ2v) is 8.19. The predicted octanol–water partition coefficient (Wildman–Crippen LogP) is 5.36. The molecule has 3 rings (SSSR count). The van der Waals surface area contributed by atoms with E-state index in [0.29, 0.717) is 19.2 Å². The maximum atomic E-state index is 10.5. The summed E-state index contributed by atoms with van der Waals surface area (Å²) in [4.78, 5) is 2.43. The number of nitrogens with zero attached hydrogens (tertiary/aromatic N) is 1. The van der Waals surface area contributed by atoms with Gasteiger partial charge in [-0.15, -0.1) is 0 Å². The maximum absolute atomic E-state index is 10.5. The van der Waals surface area contributed by atoms with Gasteiger partial charge in [0.15, 0.2) is 0 Å². The Kier molecular flexibility index (Phi) is 7.52. The van der Waals surface area contributed by atoms with Crippen LogP contribution >= 0.6 is 0 Å². The van der Waals surface area contributed by atoms with Crippen LogP contribution in [0.15, 0.2) is 42.5 Å². The van der Waals surface area contributed by atoms with Gasteiger partial charge in [-0.1, -0.05) is 62.1 Å². The SMILES string of the molecule is CCN(CC(O)COc1ccc(-c2ccc(C)cc2)cc1C)C1CCCCC1. The largest absolute Gasteiger partial charge is 0.491 e. The second-order valence-electron chi connectivity index (χ2n) is 8.19. The van der Waals surface area contributed by atoms with E-state index >= 15 is 0 Å². The summed E-state index contributed by atoms with van der Waals surface area (Å²) in [5.74, 6) is 0.857. The molecule has 1 atom stereocenters. The lowest BCUT2D eigenvalue weighted by atomic mass is 9.94. The lowest BCUT2D eigenvalue weighted by Gasteiger charge is -2.34. The molecule has 0 amide bonds. The first-order valence-electron chi connectivity index (χ1n) is 10.8. The van der Waals surface area contributed by atoms with Crippen molar-refractivity contribution < 1.29 is 9.84 Å². The quantitative estimate of drug-likeness (QED) is 0.668. The Morgan fingerprint density at radius 2 is 1.68 bits per heavy atom. The summed E-state index contributed by atoms with van der Waals surface area (Å²) < 4.78 is 5.96. The van der Waals surface area contributed by atoms with Crippen molar-refractivity contribution >= 4 is 0 Å². The van der Waals surface area contributed by atoms with E-state index in [2.05, 4.69) is 62.1 Å². The van der Waals surface area contributed by atoms with Crippen LogP contribution in [0.1, 0.15) is 50.2 Å². The Morgan fingerprint density at radius 1 is 1.00 bits per heavy atom. The van der Waals surface area contributed by atoms with E-state index in [9.17, 15) is 5.11 Å². The van der Waals surface area contributed by atoms with Gasteiger partial charge >= 0.3 is 0 Å². The van der Waals surface area contributed by atoms with Gasteiger partial charge in [0.05, 0.1) is 0 Å². The fraction of sp³-hybridized carbons (Fsp3) is 0.520. The first kappa shape index (κ1) is 20.9. The molecule has 1 N–H and O–H groups in total. The highest BCUT2D eigenvalue weighted by atomic mass is 16.5. The molecule has 1 unspecified atom stereocenters. The molecule has 28 heavy (non-hydrogen) atoms. The summed E-state index contributed by atoms with van der Waals surface area (Å²) in [6, 6.07) is 15.5. The lowest BCUT2D eigenvalue weighted by Crippen LogP contribution is -2.43. The topological polar surface area (TPSA) is 32.7 Å². The molecule has 1 saturated carbocycles. The van der Waals surface area contributed by atoms with Crippen LogP contribution in [0.25, 0.3) is 11.1 Å². The number of aryl methyl sites for hydroxylation is 2. The van der Waals surface area contributed by atoms with Crippen molar-refractivity contribution in [3.63, 3.8) is 0 Å². The normalized spacial score (nSPS) is 16.3. The zero-order chi connectivity index (χ0) is 19.9. The molecule has 3 heteroatoms. The van der Waals surface area contributed by atoms with Gasteiger partial charge in [-0.3, -0.25) is 4.90 Å². The second kappa shape index (κ2) is 10.1. The molecule has 0 aromatic heterocycles. The Balaban J connectivity index is 1.55. The number of aliphatic hydroxyl groups excluding tert-OH is 1. The number of rotatable bonds is 8. The summed E-state index contributed by atoms with van der Waals surface area (Å²) >= 11 is 0. The minimum atomic E-state index is -0.460. The average Bonchev–Trinajstić information content (AvgIpc) is 2.72. The van der Waals surface area contributed by atoms with E-state index in [1.54, 1.807) is 0 Å². The van der Waals surface area contributed by atoms with E-state index < -0.39 is 6.10 Å². The molecule has 0 spiro atoms. The van der Waals surface area contributed by atoms with Gasteiger partial charge in [-0.2, -0.15) is 0 Å². The minimum Gasteiger partial charge on any atom is -0.491 e. The fourth-order valence-corrected chi connectivity index (χ4v) is 4.23. The summed E-state index contributed by atoms with van der Waals surface area (Å²) in [6.07, 6.45) is 6.07. The number of ether oxygens (including phenoxy) is 1. The third kappa shape index (κ3) is 5.59. The molecular formula is C25H35NO2. The van der Waals surface area contributed by atoms with Crippen molar-refractivity contribution in [2.75, 3.05) is 19.7 Å². The van der Waals surface area contributed by atoms with Gasteiger partial charge in [0.25, 0.3) is 0 Å². The van der Waals surface area contributed by atoms with Crippen molar-refractivity contribution in [3.8, 4) is 16.9 Å². The molecule has 0 heterocycles. The smallest absolute Gasteiger partial charge is 0.122 e. The van der Waals surface area contributed by atoms with Crippen molar-refractivity contribution in [1.82, 2.24) is 4.90 Å². The van der Waals surface area contributed by atoms with Crippen LogP contribution in [0, 0.1) is 13.8 Å². The molecule has 1 fully saturated rings. The van der Waals surface area contributed by atoms with Crippen LogP contribution in [-0.4, -0.2) is 41.8 Å². The Bertz CT molecular complexity index is 735. The fourth-order valence-electron chi connectivity index (χ4n) is 4.23. The Morgan fingerprint density at radius 3 is 2.32 bits per heavy atom. The van der Waals surface area contributed by atoms with E-state index in [1.807, 2.05) is 6.07 Å². The van der Waals surface area contributed by atoms with E-state index in [-0.39, 0.29) is 0 Å². The molecular weight excluding hydrogens is 346 g/mol. The van der Waals surface area contributed by atoms with Crippen LogP contribution in [0.5, 0.6) is 5.75 Å². The van der Waals surface area contributed by atoms with Crippen LogP contribution in [0.2, 0.25) is 0 Å². The minimum absolute atomic E-state index is 0.341. The van der Waals surface area contributed by atoms with E-state index in [0.717, 1.165) is 17.9 Å². The Labute approximate surface area is 170 Å². The highest BCUT2D eigenvalue weighted by Gasteiger charge is 2.22. The highest BCUT2D eigenvalue weighted by molar-refractivity contribution is 5.65. The third-order valence-electron chi connectivity index (χ3n) is 5.93. The van der Waals surface area contributed by atoms with Crippen LogP contribution in [-0.2, 0) is 0 Å². The zero-order valence-electron chi connectivity index (χ0n) is 17.7. The molecule has 0 saturated heterocycles. The molecule has 1 aliphatic rings. The highest BCUT2D eigenvalue weighted by Crippen LogP contribution is 2.27. The van der Waals surface area contributed by atoms with Crippen molar-refractivity contribution in [2.24, 2.45) is 0 Å². The number of aliphatic hydroxyl groups is 1. The number of benzene rings is 2. The zero-order valence-corrected chi connectivity index (χ0v) is 17.7. The first-order chi connectivity index (χ1) is 13.6. The third-order valence-corrected chi connectivity index (χ3v) is 5.93. The number of likely N-dealkylation sites (N-methyl/N-ethyl adjacent to an activating group) is 1. The molecule has 2 aromatic carbocycles.